The summed E-state index contributed by atoms with van der Waals surface area (Å²) in [6.07, 6.45) is 9.68. The zero-order valence-electron chi connectivity index (χ0n) is 31.9. The maximum absolute atomic E-state index is 13.0. The van der Waals surface area contributed by atoms with E-state index in [0.29, 0.717) is 83.6 Å². The number of methoxy groups -OCH3 is 1. The van der Waals surface area contributed by atoms with E-state index in [-0.39, 0.29) is 54.1 Å². The van der Waals surface area contributed by atoms with Gasteiger partial charge in [-0.3, -0.25) is 9.59 Å². The highest BCUT2D eigenvalue weighted by molar-refractivity contribution is 5.87. The summed E-state index contributed by atoms with van der Waals surface area (Å²) in [5, 5.41) is 38.0. The molecular weight excluding hydrogens is 676 g/mol. The molecule has 0 bridgehead atoms. The van der Waals surface area contributed by atoms with E-state index in [2.05, 4.69) is 31.4 Å². The third-order valence-electron chi connectivity index (χ3n) is 14.5. The van der Waals surface area contributed by atoms with Gasteiger partial charge in [-0.25, -0.2) is 9.59 Å². The second-order valence-corrected chi connectivity index (χ2v) is 17.4. The van der Waals surface area contributed by atoms with Gasteiger partial charge in [0, 0.05) is 30.5 Å². The number of rotatable bonds is 14. The maximum atomic E-state index is 13.0. The number of unbranched alkanes of at least 4 members (excludes halogenated alkanes) is 1. The number of carboxylic acids is 1. The van der Waals surface area contributed by atoms with Crippen LogP contribution in [0.2, 0.25) is 0 Å². The third-order valence-corrected chi connectivity index (χ3v) is 14.5. The molecule has 11 atom stereocenters. The molecule has 6 rings (SSSR count). The van der Waals surface area contributed by atoms with Crippen molar-refractivity contribution in [3.05, 3.63) is 40.2 Å². The number of ether oxygens (including phenoxy) is 1. The van der Waals surface area contributed by atoms with Crippen molar-refractivity contribution in [1.82, 2.24) is 10.6 Å². The molecule has 4 saturated carbocycles. The number of aliphatic carboxylic acids is 1. The Kier molecular flexibility index (Phi) is 11.9. The van der Waals surface area contributed by atoms with Gasteiger partial charge in [0.25, 0.3) is 0 Å². The lowest BCUT2D eigenvalue weighted by Gasteiger charge is -2.62. The molecule has 5 N–H and O–H groups in total. The fourth-order valence-corrected chi connectivity index (χ4v) is 11.7. The van der Waals surface area contributed by atoms with Crippen LogP contribution in [-0.2, 0) is 20.8 Å². The van der Waals surface area contributed by atoms with E-state index in [9.17, 15) is 34.5 Å². The summed E-state index contributed by atoms with van der Waals surface area (Å²) in [4.78, 5) is 49.8. The molecule has 292 valence electrons. The Morgan fingerprint density at radius 1 is 0.962 bits per heavy atom. The van der Waals surface area contributed by atoms with Crippen molar-refractivity contribution in [2.75, 3.05) is 13.7 Å². The number of carbonyl (C=O) groups is 3. The highest BCUT2D eigenvalue weighted by atomic mass is 16.5. The number of benzene rings is 1. The summed E-state index contributed by atoms with van der Waals surface area (Å²) >= 11 is 0. The largest absolute Gasteiger partial charge is 0.497 e. The van der Waals surface area contributed by atoms with Crippen LogP contribution in [0.4, 0.5) is 0 Å². The predicted octanol–water partition coefficient (Wildman–Crippen LogP) is 5.61. The van der Waals surface area contributed by atoms with Crippen molar-refractivity contribution >= 4 is 28.8 Å². The Bertz CT molecular complexity index is 1710. The van der Waals surface area contributed by atoms with Gasteiger partial charge in [0.1, 0.15) is 17.4 Å². The second kappa shape index (κ2) is 16.1. The molecule has 0 aliphatic heterocycles. The van der Waals surface area contributed by atoms with Crippen molar-refractivity contribution in [1.29, 1.82) is 0 Å². The van der Waals surface area contributed by atoms with Crippen molar-refractivity contribution in [3.63, 3.8) is 0 Å². The van der Waals surface area contributed by atoms with Crippen LogP contribution in [0, 0.1) is 46.3 Å². The van der Waals surface area contributed by atoms with Crippen LogP contribution in [-0.4, -0.2) is 65.0 Å². The second-order valence-electron chi connectivity index (χ2n) is 17.4. The Balaban J connectivity index is 0.939. The smallest absolute Gasteiger partial charge is 0.336 e. The molecule has 2 aromatic rings. The zero-order valence-corrected chi connectivity index (χ0v) is 31.9. The molecule has 1 aromatic carbocycles. The minimum Gasteiger partial charge on any atom is -0.497 e. The summed E-state index contributed by atoms with van der Waals surface area (Å²) in [6.45, 7) is 7.44. The number of carboxylic acid groups (broad SMARTS) is 1. The molecule has 0 saturated heterocycles. The minimum absolute atomic E-state index is 0.00396. The quantitative estimate of drug-likeness (QED) is 0.122. The van der Waals surface area contributed by atoms with E-state index < -0.39 is 17.6 Å². The number of nitrogens with one attached hydrogen (secondary N) is 2. The van der Waals surface area contributed by atoms with Crippen molar-refractivity contribution in [2.45, 2.75) is 129 Å². The fourth-order valence-electron chi connectivity index (χ4n) is 11.7. The van der Waals surface area contributed by atoms with Crippen LogP contribution < -0.4 is 21.0 Å². The van der Waals surface area contributed by atoms with Gasteiger partial charge < -0.3 is 35.1 Å². The molecule has 11 heteroatoms. The van der Waals surface area contributed by atoms with E-state index in [1.54, 1.807) is 18.2 Å². The minimum atomic E-state index is -1.07. The van der Waals surface area contributed by atoms with Gasteiger partial charge in [-0.05, 0) is 141 Å². The molecule has 0 radical (unpaired) electrons. The normalized spacial score (nSPS) is 33.2. The molecule has 1 heterocycles. The first-order valence-electron chi connectivity index (χ1n) is 20.0. The SMILES string of the molecule is COc1ccc2c(CC(=O)NCCCC[C@H](NC(=O)CC[C@@H](C)C3CCC4C5C(CC[C@@]43C)[C@@]3(C)CC[C@@H](O)CC3C[C@H]5O)C(=O)O)cc(=O)oc2c1. The molecule has 0 spiro atoms. The summed E-state index contributed by atoms with van der Waals surface area (Å²) in [5.41, 5.74) is 0.644. The van der Waals surface area contributed by atoms with Gasteiger partial charge in [-0.1, -0.05) is 20.8 Å². The van der Waals surface area contributed by atoms with E-state index >= 15 is 0 Å². The number of aliphatic hydroxyl groups excluding tert-OH is 2. The van der Waals surface area contributed by atoms with Crippen LogP contribution in [0.1, 0.15) is 110 Å². The van der Waals surface area contributed by atoms with Gasteiger partial charge >= 0.3 is 11.6 Å². The van der Waals surface area contributed by atoms with Crippen LogP contribution in [0.5, 0.6) is 5.75 Å². The molecule has 4 aliphatic carbocycles. The van der Waals surface area contributed by atoms with Crippen molar-refractivity contribution in [3.8, 4) is 5.75 Å². The summed E-state index contributed by atoms with van der Waals surface area (Å²) in [6, 6.07) is 5.40. The highest BCUT2D eigenvalue weighted by Gasteiger charge is 2.62. The van der Waals surface area contributed by atoms with Gasteiger partial charge in [-0.2, -0.15) is 0 Å². The average molecular weight is 737 g/mol. The van der Waals surface area contributed by atoms with Crippen LogP contribution in [0.25, 0.3) is 11.0 Å². The Labute approximate surface area is 312 Å². The van der Waals surface area contributed by atoms with Crippen molar-refractivity contribution in [2.24, 2.45) is 46.3 Å². The summed E-state index contributed by atoms with van der Waals surface area (Å²) < 4.78 is 10.5. The first-order chi connectivity index (χ1) is 25.2. The number of hydrogen-bond acceptors (Lipinski definition) is 8. The predicted molar refractivity (Wildman–Crippen MR) is 200 cm³/mol. The standard InChI is InChI=1S/C42H60N2O9/c1-24(30-11-12-31-39-32(15-17-42(30,31)3)41(2)16-14-27(45)21-26(41)22-34(39)46)8-13-36(47)44-33(40(50)51)7-5-6-18-43-37(48)19-25-20-38(49)53-35-23-28(52-4)9-10-29(25)35/h9-10,20,23-24,26-27,30-34,39,45-46H,5-8,11-19,21-22H2,1-4H3,(H,43,48)(H,44,47)(H,50,51)/t24-,26?,27-,30?,31?,32?,33+,34-,39?,41+,42-/m1/s1. The molecule has 11 nitrogen and oxygen atoms in total. The third kappa shape index (κ3) is 8.16. The number of aliphatic hydroxyl groups is 2. The molecule has 5 unspecified atom stereocenters. The molecule has 4 aliphatic rings. The summed E-state index contributed by atoms with van der Waals surface area (Å²) in [5.74, 6) is 1.37. The number of fused-ring (bicyclic) bond motifs is 6. The monoisotopic (exact) mass is 736 g/mol. The number of hydrogen-bond donors (Lipinski definition) is 5. The maximum Gasteiger partial charge on any atom is 0.336 e. The molecule has 4 fully saturated rings. The average Bonchev–Trinajstić information content (AvgIpc) is 3.47. The van der Waals surface area contributed by atoms with Gasteiger partial charge in [0.05, 0.1) is 25.7 Å². The lowest BCUT2D eigenvalue weighted by molar-refractivity contribution is -0.174. The lowest BCUT2D eigenvalue weighted by Crippen LogP contribution is -2.58. The Hall–Kier alpha value is -3.44. The lowest BCUT2D eigenvalue weighted by atomic mass is 9.43. The first kappa shape index (κ1) is 39.3. The fraction of sp³-hybridized carbons (Fsp3) is 0.714. The van der Waals surface area contributed by atoms with Gasteiger partial charge in [-0.15, -0.1) is 0 Å². The van der Waals surface area contributed by atoms with E-state index in [4.69, 9.17) is 9.15 Å². The topological polar surface area (TPSA) is 175 Å². The van der Waals surface area contributed by atoms with Crippen LogP contribution in [0.15, 0.2) is 33.5 Å². The van der Waals surface area contributed by atoms with E-state index in [1.807, 2.05) is 0 Å². The van der Waals surface area contributed by atoms with E-state index in [0.717, 1.165) is 51.4 Å². The van der Waals surface area contributed by atoms with Crippen molar-refractivity contribution < 1.29 is 38.9 Å². The first-order valence-corrected chi connectivity index (χ1v) is 20.0. The van der Waals surface area contributed by atoms with Gasteiger partial charge in [0.15, 0.2) is 0 Å². The zero-order chi connectivity index (χ0) is 38.1. The molecule has 2 amide bonds. The molecule has 1 aromatic heterocycles. The van der Waals surface area contributed by atoms with E-state index in [1.165, 1.54) is 13.2 Å². The Morgan fingerprint density at radius 3 is 2.47 bits per heavy atom. The van der Waals surface area contributed by atoms with Crippen LogP contribution in [0.3, 0.4) is 0 Å². The summed E-state index contributed by atoms with van der Waals surface area (Å²) in [7, 11) is 1.52. The van der Waals surface area contributed by atoms with Crippen LogP contribution >= 0.6 is 0 Å². The molecular formula is C42H60N2O9. The molecule has 53 heavy (non-hydrogen) atoms. The highest BCUT2D eigenvalue weighted by Crippen LogP contribution is 2.68. The number of carbonyl (C=O) groups excluding carboxylic acids is 2. The number of amides is 2. The Morgan fingerprint density at radius 2 is 1.72 bits per heavy atom. The van der Waals surface area contributed by atoms with Gasteiger partial charge in [0.2, 0.25) is 11.8 Å².